The van der Waals surface area contributed by atoms with Crippen LogP contribution in [0, 0.1) is 11.3 Å². The van der Waals surface area contributed by atoms with Crippen molar-refractivity contribution in [3.8, 4) is 6.07 Å². The maximum atomic E-state index is 11.4. The van der Waals surface area contributed by atoms with Crippen molar-refractivity contribution in [3.05, 3.63) is 139 Å². The minimum absolute atomic E-state index is 0.318. The lowest BCUT2D eigenvalue weighted by molar-refractivity contribution is 0.0600. The van der Waals surface area contributed by atoms with Crippen LogP contribution in [0.4, 0.5) is 0 Å². The molecule has 6 aromatic carbocycles. The Labute approximate surface area is 273 Å². The molecule has 0 aliphatic carbocycles. The Balaban J connectivity index is 0.000000148. The van der Waals surface area contributed by atoms with E-state index >= 15 is 0 Å². The van der Waals surface area contributed by atoms with E-state index in [2.05, 4.69) is 58.6 Å². The number of halogens is 3. The molecule has 6 aromatic rings. The van der Waals surface area contributed by atoms with Crippen molar-refractivity contribution in [2.45, 2.75) is 0 Å². The molecule has 214 valence electrons. The molecule has 6 nitrogen and oxygen atoms in total. The first-order valence-corrected chi connectivity index (χ1v) is 15.1. The molecule has 6 rings (SSSR count). The van der Waals surface area contributed by atoms with E-state index in [4.69, 9.17) is 10.5 Å². The van der Waals surface area contributed by atoms with Crippen molar-refractivity contribution < 1.29 is 19.5 Å². The van der Waals surface area contributed by atoms with Gasteiger partial charge in [-0.1, -0.05) is 121 Å². The second-order valence-electron chi connectivity index (χ2n) is 9.08. The molecular weight excluding hydrogens is 740 g/mol. The zero-order valence-electron chi connectivity index (χ0n) is 22.6. The van der Waals surface area contributed by atoms with Gasteiger partial charge < -0.3 is 4.74 Å². The summed E-state index contributed by atoms with van der Waals surface area (Å²) < 4.78 is 7.39. The van der Waals surface area contributed by atoms with Crippen LogP contribution in [-0.2, 0) is 4.74 Å². The van der Waals surface area contributed by atoms with Crippen LogP contribution in [0.1, 0.15) is 26.3 Å². The zero-order valence-corrected chi connectivity index (χ0v) is 27.4. The van der Waals surface area contributed by atoms with Crippen LogP contribution in [0.2, 0.25) is 0 Å². The molecule has 1 amide bonds. The highest BCUT2D eigenvalue weighted by Crippen LogP contribution is 2.27. The van der Waals surface area contributed by atoms with Gasteiger partial charge in [0, 0.05) is 19.0 Å². The van der Waals surface area contributed by atoms with E-state index < -0.39 is 5.91 Å². The number of hydroxylamine groups is 1. The summed E-state index contributed by atoms with van der Waals surface area (Å²) in [5.74, 6) is -0.831. The maximum Gasteiger partial charge on any atom is 0.337 e. The van der Waals surface area contributed by atoms with Gasteiger partial charge in [0.2, 0.25) is 0 Å². The molecule has 0 heterocycles. The Morgan fingerprint density at radius 1 is 0.674 bits per heavy atom. The molecule has 0 bridgehead atoms. The van der Waals surface area contributed by atoms with Gasteiger partial charge in [0.1, 0.15) is 0 Å². The lowest BCUT2D eigenvalue weighted by atomic mass is 10.1. The highest BCUT2D eigenvalue weighted by atomic mass is 79.9. The fraction of sp³-hybridized carbons (Fsp3) is 0.0294. The quantitative estimate of drug-likeness (QED) is 0.104. The molecule has 0 fully saturated rings. The molecule has 0 saturated heterocycles. The third-order valence-electron chi connectivity index (χ3n) is 6.35. The second kappa shape index (κ2) is 14.9. The summed E-state index contributed by atoms with van der Waals surface area (Å²) in [6.45, 7) is 0. The molecule has 2 N–H and O–H groups in total. The number of rotatable bonds is 2. The Bertz CT molecular complexity index is 1910. The first-order valence-electron chi connectivity index (χ1n) is 12.7. The van der Waals surface area contributed by atoms with Gasteiger partial charge in [-0.3, -0.25) is 10.0 Å². The van der Waals surface area contributed by atoms with Crippen molar-refractivity contribution >= 4 is 92.0 Å². The number of nitriles is 1. The molecule has 0 aliphatic rings. The number of hydrogen-bond acceptors (Lipinski definition) is 5. The average molecular weight is 763 g/mol. The predicted octanol–water partition coefficient (Wildman–Crippen LogP) is 9.58. The summed E-state index contributed by atoms with van der Waals surface area (Å²) in [4.78, 5) is 22.6. The van der Waals surface area contributed by atoms with Gasteiger partial charge in [-0.15, -0.1) is 0 Å². The van der Waals surface area contributed by atoms with Gasteiger partial charge >= 0.3 is 5.97 Å². The first kappa shape index (κ1) is 31.9. The number of carbonyl (C=O) groups is 2. The molecule has 9 heteroatoms. The van der Waals surface area contributed by atoms with E-state index in [0.717, 1.165) is 45.7 Å². The minimum atomic E-state index is -0.513. The summed E-state index contributed by atoms with van der Waals surface area (Å²) in [5.41, 5.74) is 3.28. The van der Waals surface area contributed by atoms with E-state index in [1.54, 1.807) is 23.7 Å². The third kappa shape index (κ3) is 7.86. The summed E-state index contributed by atoms with van der Waals surface area (Å²) in [5, 5.41) is 23.6. The number of nitrogens with zero attached hydrogens (tertiary/aromatic N) is 1. The SMILES string of the molecule is COC(=O)c1cc(Br)c2ccccc2c1.N#Cc1cc(Br)c2ccccc2c1.O=C(NO)c1cc(Br)c2ccccc2c1. The molecule has 43 heavy (non-hydrogen) atoms. The lowest BCUT2D eigenvalue weighted by Gasteiger charge is -2.04. The van der Waals surface area contributed by atoms with Crippen LogP contribution in [0.15, 0.2) is 123 Å². The Kier molecular flexibility index (Phi) is 11.0. The Morgan fingerprint density at radius 3 is 1.56 bits per heavy atom. The van der Waals surface area contributed by atoms with E-state index in [0.29, 0.717) is 16.7 Å². The van der Waals surface area contributed by atoms with Crippen molar-refractivity contribution in [1.29, 1.82) is 5.26 Å². The van der Waals surface area contributed by atoms with E-state index in [-0.39, 0.29) is 5.97 Å². The molecular formula is C34H23Br3N2O4. The monoisotopic (exact) mass is 760 g/mol. The third-order valence-corrected chi connectivity index (χ3v) is 8.32. The molecule has 0 atom stereocenters. The normalized spacial score (nSPS) is 10.1. The van der Waals surface area contributed by atoms with E-state index in [9.17, 15) is 9.59 Å². The number of esters is 1. The lowest BCUT2D eigenvalue weighted by Crippen LogP contribution is -2.18. The van der Waals surface area contributed by atoms with Crippen LogP contribution in [0.3, 0.4) is 0 Å². The van der Waals surface area contributed by atoms with E-state index in [1.165, 1.54) is 7.11 Å². The molecule has 0 aliphatic heterocycles. The number of benzene rings is 6. The number of nitrogens with one attached hydrogen (secondary N) is 1. The van der Waals surface area contributed by atoms with Gasteiger partial charge in [-0.25, -0.2) is 10.3 Å². The summed E-state index contributed by atoms with van der Waals surface area (Å²) in [6, 6.07) is 36.4. The molecule has 0 aromatic heterocycles. The average Bonchev–Trinajstić information content (AvgIpc) is 3.04. The molecule has 0 radical (unpaired) electrons. The summed E-state index contributed by atoms with van der Waals surface area (Å²) in [6.07, 6.45) is 0. The fourth-order valence-electron chi connectivity index (χ4n) is 4.29. The summed E-state index contributed by atoms with van der Waals surface area (Å²) in [7, 11) is 1.38. The topological polar surface area (TPSA) is 99.4 Å². The van der Waals surface area contributed by atoms with Crippen molar-refractivity contribution in [2.24, 2.45) is 0 Å². The minimum Gasteiger partial charge on any atom is -0.465 e. The smallest absolute Gasteiger partial charge is 0.337 e. The maximum absolute atomic E-state index is 11.4. The number of carbonyl (C=O) groups excluding carboxylic acids is 2. The highest BCUT2D eigenvalue weighted by molar-refractivity contribution is 9.11. The number of amides is 1. The second-order valence-corrected chi connectivity index (χ2v) is 11.6. The largest absolute Gasteiger partial charge is 0.465 e. The predicted molar refractivity (Wildman–Crippen MR) is 180 cm³/mol. The van der Waals surface area contributed by atoms with Crippen LogP contribution < -0.4 is 5.48 Å². The Morgan fingerprint density at radius 2 is 1.09 bits per heavy atom. The number of ether oxygens (including phenoxy) is 1. The van der Waals surface area contributed by atoms with Crippen molar-refractivity contribution in [2.75, 3.05) is 7.11 Å². The van der Waals surface area contributed by atoms with Crippen LogP contribution in [0.5, 0.6) is 0 Å². The number of fused-ring (bicyclic) bond motifs is 3. The summed E-state index contributed by atoms with van der Waals surface area (Å²) >= 11 is 10.3. The van der Waals surface area contributed by atoms with Crippen LogP contribution >= 0.6 is 47.8 Å². The van der Waals surface area contributed by atoms with Crippen molar-refractivity contribution in [1.82, 2.24) is 5.48 Å². The number of hydrogen-bond donors (Lipinski definition) is 2. The van der Waals surface area contributed by atoms with Gasteiger partial charge in [0.25, 0.3) is 5.91 Å². The van der Waals surface area contributed by atoms with Gasteiger partial charge in [-0.2, -0.15) is 5.26 Å². The van der Waals surface area contributed by atoms with Gasteiger partial charge in [0.15, 0.2) is 0 Å². The molecule has 0 unspecified atom stereocenters. The van der Waals surface area contributed by atoms with Gasteiger partial charge in [-0.05, 0) is 68.7 Å². The standard InChI is InChI=1S/C12H9BrO2.C11H8BrNO2.C11H6BrN/c1-15-12(14)9-6-8-4-2-3-5-10(8)11(13)7-9;12-10-6-8(11(14)13-15)5-7-3-1-2-4-9(7)10;12-11-6-8(7-13)5-9-3-1-2-4-10(9)11/h2-7H,1H3;1-6,15H,(H,13,14);1-6H. The van der Waals surface area contributed by atoms with Crippen LogP contribution in [-0.4, -0.2) is 24.2 Å². The number of methoxy groups -OCH3 is 1. The Hall–Kier alpha value is -4.07. The fourth-order valence-corrected chi connectivity index (χ4v) is 6.11. The molecule has 0 spiro atoms. The highest BCUT2D eigenvalue weighted by Gasteiger charge is 2.09. The zero-order chi connectivity index (χ0) is 30.9. The molecule has 0 saturated carbocycles. The van der Waals surface area contributed by atoms with Gasteiger partial charge in [0.05, 0.1) is 24.3 Å². The van der Waals surface area contributed by atoms with Crippen molar-refractivity contribution in [3.63, 3.8) is 0 Å². The van der Waals surface area contributed by atoms with E-state index in [1.807, 2.05) is 91.0 Å². The van der Waals surface area contributed by atoms with Crippen LogP contribution in [0.25, 0.3) is 32.3 Å². The first-order chi connectivity index (χ1) is 20.7.